The second kappa shape index (κ2) is 11.7. The molecule has 0 saturated heterocycles. The van der Waals surface area contributed by atoms with E-state index >= 15 is 0 Å². The fraction of sp³-hybridized carbons (Fsp3) is 0.472. The van der Waals surface area contributed by atoms with Gasteiger partial charge in [-0.25, -0.2) is 9.98 Å². The lowest BCUT2D eigenvalue weighted by molar-refractivity contribution is 0.881. The summed E-state index contributed by atoms with van der Waals surface area (Å²) < 4.78 is 0. The van der Waals surface area contributed by atoms with Crippen molar-refractivity contribution in [3.63, 3.8) is 0 Å². The third kappa shape index (κ3) is 4.60. The van der Waals surface area contributed by atoms with Crippen LogP contribution in [0.4, 0.5) is 0 Å². The van der Waals surface area contributed by atoms with Gasteiger partial charge in [0.05, 0.1) is 34.6 Å². The molecule has 4 heteroatoms. The molecule has 0 saturated carbocycles. The molecule has 1 atom stereocenters. The number of aromatic nitrogens is 1. The number of hydrogen-bond donors (Lipinski definition) is 1. The quantitative estimate of drug-likeness (QED) is 0.358. The molecule has 8 bridgehead atoms. The van der Waals surface area contributed by atoms with Gasteiger partial charge in [0, 0.05) is 10.7 Å². The molecular weight excluding hydrogens is 488 g/mol. The SMILES string of the molecule is CCC1=C(CC)C2=NC1=CC1=NC(C=C3N=C(C=c4[nH]c(c(CC)c4CC)=C2)C(CC)=C3CC)C(CC)=C1CC. The summed E-state index contributed by atoms with van der Waals surface area (Å²) in [6, 6.07) is 0.0311. The van der Waals surface area contributed by atoms with E-state index in [1.165, 1.54) is 55.3 Å². The summed E-state index contributed by atoms with van der Waals surface area (Å²) in [5.74, 6) is 0. The maximum atomic E-state index is 5.34. The van der Waals surface area contributed by atoms with E-state index < -0.39 is 0 Å². The van der Waals surface area contributed by atoms with Crippen LogP contribution in [0.5, 0.6) is 0 Å². The van der Waals surface area contributed by atoms with E-state index in [9.17, 15) is 0 Å². The van der Waals surface area contributed by atoms with Crippen molar-refractivity contribution < 1.29 is 0 Å². The minimum Gasteiger partial charge on any atom is -0.355 e. The number of H-pyrrole nitrogens is 1. The molecule has 5 rings (SSSR count). The van der Waals surface area contributed by atoms with Crippen molar-refractivity contribution in [2.75, 3.05) is 0 Å². The van der Waals surface area contributed by atoms with Crippen LogP contribution in [0.15, 0.2) is 72.0 Å². The summed E-state index contributed by atoms with van der Waals surface area (Å²) in [5.41, 5.74) is 16.5. The summed E-state index contributed by atoms with van der Waals surface area (Å²) in [6.45, 7) is 18.1. The number of hydrogen-bond acceptors (Lipinski definition) is 3. The Morgan fingerprint density at radius 2 is 1.02 bits per heavy atom. The average molecular weight is 535 g/mol. The molecule has 1 N–H and O–H groups in total. The molecule has 0 aliphatic carbocycles. The van der Waals surface area contributed by atoms with Crippen molar-refractivity contribution in [2.24, 2.45) is 15.0 Å². The van der Waals surface area contributed by atoms with Crippen LogP contribution in [-0.2, 0) is 12.8 Å². The highest BCUT2D eigenvalue weighted by atomic mass is 14.9. The van der Waals surface area contributed by atoms with Crippen molar-refractivity contribution in [1.82, 2.24) is 4.98 Å². The Bertz CT molecular complexity index is 1600. The monoisotopic (exact) mass is 534 g/mol. The average Bonchev–Trinajstić information content (AvgIpc) is 3.67. The molecule has 0 fully saturated rings. The molecule has 1 aromatic rings. The van der Waals surface area contributed by atoms with Gasteiger partial charge in [0.15, 0.2) is 0 Å². The standard InChI is InChI=1S/C36H46N4/c1-9-21-22(10-2)30-18-32-25(13-5)26(14-6)34(39-32)20-36-28(16-8)27(15-7)35(40-36)19-33-24(12-4)23(11-3)31(38-33)17-29(21)37-30/h17-20,29,40H,9-16H2,1-8H3. The highest BCUT2D eigenvalue weighted by Gasteiger charge is 2.29. The first-order valence-corrected chi connectivity index (χ1v) is 15.8. The first-order chi connectivity index (χ1) is 19.5. The number of aliphatic imine (C=N–C) groups is 3. The lowest BCUT2D eigenvalue weighted by atomic mass is 9.94. The van der Waals surface area contributed by atoms with Gasteiger partial charge in [0.25, 0.3) is 0 Å². The molecule has 210 valence electrons. The summed E-state index contributed by atoms with van der Waals surface area (Å²) >= 11 is 0. The molecule has 1 unspecified atom stereocenters. The third-order valence-electron chi connectivity index (χ3n) is 9.07. The Morgan fingerprint density at radius 1 is 0.525 bits per heavy atom. The molecule has 4 aliphatic heterocycles. The molecule has 4 nitrogen and oxygen atoms in total. The van der Waals surface area contributed by atoms with Crippen molar-refractivity contribution in [3.8, 4) is 0 Å². The summed E-state index contributed by atoms with van der Waals surface area (Å²) in [4.78, 5) is 19.7. The predicted octanol–water partition coefficient (Wildman–Crippen LogP) is 7.56. The van der Waals surface area contributed by atoms with E-state index in [4.69, 9.17) is 15.0 Å². The fourth-order valence-electron chi connectivity index (χ4n) is 7.19. The van der Waals surface area contributed by atoms with Crippen LogP contribution in [0.1, 0.15) is 105 Å². The van der Waals surface area contributed by atoms with E-state index in [0.717, 1.165) is 79.9 Å². The molecule has 0 spiro atoms. The molecule has 5 heterocycles. The summed E-state index contributed by atoms with van der Waals surface area (Å²) in [7, 11) is 0. The predicted molar refractivity (Wildman–Crippen MR) is 173 cm³/mol. The Balaban J connectivity index is 1.89. The highest BCUT2D eigenvalue weighted by Crippen LogP contribution is 2.37. The fourth-order valence-corrected chi connectivity index (χ4v) is 7.19. The van der Waals surface area contributed by atoms with Gasteiger partial charge < -0.3 is 4.98 Å². The maximum absolute atomic E-state index is 5.34. The summed E-state index contributed by atoms with van der Waals surface area (Å²) in [5, 5.41) is 2.38. The van der Waals surface area contributed by atoms with Crippen molar-refractivity contribution in [2.45, 2.75) is 113 Å². The first-order valence-electron chi connectivity index (χ1n) is 15.8. The number of allylic oxidation sites excluding steroid dienone is 6. The zero-order chi connectivity index (χ0) is 28.6. The minimum absolute atomic E-state index is 0.0311. The second-order valence-corrected chi connectivity index (χ2v) is 11.0. The maximum Gasteiger partial charge on any atom is 0.0927 e. The van der Waals surface area contributed by atoms with Crippen LogP contribution < -0.4 is 10.7 Å². The molecule has 0 radical (unpaired) electrons. The van der Waals surface area contributed by atoms with Gasteiger partial charge >= 0.3 is 0 Å². The Labute approximate surface area is 240 Å². The van der Waals surface area contributed by atoms with E-state index in [-0.39, 0.29) is 6.04 Å². The van der Waals surface area contributed by atoms with Crippen LogP contribution in [0.3, 0.4) is 0 Å². The van der Waals surface area contributed by atoms with Gasteiger partial charge in [-0.15, -0.1) is 0 Å². The summed E-state index contributed by atoms with van der Waals surface area (Å²) in [6.07, 6.45) is 17.0. The van der Waals surface area contributed by atoms with Crippen molar-refractivity contribution >= 4 is 29.3 Å². The molecule has 0 aromatic carbocycles. The lowest BCUT2D eigenvalue weighted by Crippen LogP contribution is -2.16. The van der Waals surface area contributed by atoms with Gasteiger partial charge in [0.1, 0.15) is 0 Å². The van der Waals surface area contributed by atoms with Gasteiger partial charge in [0.2, 0.25) is 0 Å². The number of aromatic amines is 1. The highest BCUT2D eigenvalue weighted by molar-refractivity contribution is 6.25. The molecular formula is C36H46N4. The van der Waals surface area contributed by atoms with Crippen molar-refractivity contribution in [1.29, 1.82) is 0 Å². The largest absolute Gasteiger partial charge is 0.355 e. The number of nitrogens with zero attached hydrogens (tertiary/aromatic N) is 3. The van der Waals surface area contributed by atoms with Gasteiger partial charge in [-0.2, -0.15) is 0 Å². The minimum atomic E-state index is 0.0311. The topological polar surface area (TPSA) is 52.9 Å². The van der Waals surface area contributed by atoms with E-state index in [1.807, 2.05) is 0 Å². The Hall–Kier alpha value is -3.27. The number of nitrogens with one attached hydrogen (secondary N) is 1. The third-order valence-corrected chi connectivity index (χ3v) is 9.07. The molecule has 40 heavy (non-hydrogen) atoms. The Morgan fingerprint density at radius 3 is 1.50 bits per heavy atom. The van der Waals surface area contributed by atoms with Crippen LogP contribution >= 0.6 is 0 Å². The van der Waals surface area contributed by atoms with Crippen LogP contribution in [-0.4, -0.2) is 28.2 Å². The second-order valence-electron chi connectivity index (χ2n) is 11.0. The zero-order valence-corrected chi connectivity index (χ0v) is 25.9. The number of fused-ring (bicyclic) bond motifs is 5. The smallest absolute Gasteiger partial charge is 0.0927 e. The van der Waals surface area contributed by atoms with Crippen LogP contribution in [0, 0.1) is 0 Å². The van der Waals surface area contributed by atoms with Gasteiger partial charge in [-0.3, -0.25) is 4.99 Å². The molecule has 4 aliphatic rings. The van der Waals surface area contributed by atoms with E-state index in [2.05, 4.69) is 84.7 Å². The Kier molecular flexibility index (Phi) is 8.26. The van der Waals surface area contributed by atoms with Gasteiger partial charge in [-0.1, -0.05) is 55.4 Å². The lowest BCUT2D eigenvalue weighted by Gasteiger charge is -2.10. The van der Waals surface area contributed by atoms with Crippen molar-refractivity contribution in [3.05, 3.63) is 78.8 Å². The normalized spacial score (nSPS) is 20.4. The van der Waals surface area contributed by atoms with Crippen LogP contribution in [0.2, 0.25) is 0 Å². The molecule has 0 amide bonds. The zero-order valence-electron chi connectivity index (χ0n) is 25.9. The number of rotatable bonds is 8. The molecule has 1 aromatic heterocycles. The van der Waals surface area contributed by atoms with E-state index in [1.54, 1.807) is 0 Å². The van der Waals surface area contributed by atoms with Gasteiger partial charge in [-0.05, 0) is 120 Å². The first kappa shape index (κ1) is 28.3. The van der Waals surface area contributed by atoms with Crippen LogP contribution in [0.25, 0.3) is 12.2 Å². The van der Waals surface area contributed by atoms with E-state index in [0.29, 0.717) is 0 Å².